The zero-order chi connectivity index (χ0) is 19.1. The van der Waals surface area contributed by atoms with Gasteiger partial charge in [-0.1, -0.05) is 12.8 Å². The lowest BCUT2D eigenvalue weighted by Crippen LogP contribution is -2.30. The molecule has 0 aliphatic rings. The number of hydrogen-bond acceptors (Lipinski definition) is 7. The number of nitrogens with two attached hydrogens (primary N) is 1. The van der Waals surface area contributed by atoms with Crippen LogP contribution in [0, 0.1) is 0 Å². The van der Waals surface area contributed by atoms with E-state index in [1.54, 1.807) is 18.2 Å². The van der Waals surface area contributed by atoms with Crippen LogP contribution in [-0.4, -0.2) is 24.3 Å². The fourth-order valence-electron chi connectivity index (χ4n) is 2.69. The molecule has 7 nitrogen and oxygen atoms in total. The predicted octanol–water partition coefficient (Wildman–Crippen LogP) is 1.60. The van der Waals surface area contributed by atoms with Gasteiger partial charge in [0.15, 0.2) is 0 Å². The topological polar surface area (TPSA) is 114 Å². The predicted molar refractivity (Wildman–Crippen MR) is 104 cm³/mol. The summed E-state index contributed by atoms with van der Waals surface area (Å²) in [6.45, 7) is 2.02. The largest absolute Gasteiger partial charge is 0.423 e. The number of hydrogen-bond donors (Lipinski definition) is 4. The molecule has 0 aliphatic heterocycles. The Labute approximate surface area is 156 Å². The highest BCUT2D eigenvalue weighted by Gasteiger charge is 2.12. The molecule has 1 heterocycles. The van der Waals surface area contributed by atoms with E-state index in [-0.39, 0.29) is 24.2 Å². The lowest BCUT2D eigenvalue weighted by atomic mass is 10.1. The van der Waals surface area contributed by atoms with E-state index in [0.29, 0.717) is 35.2 Å². The first kappa shape index (κ1) is 20.0. The van der Waals surface area contributed by atoms with E-state index in [1.165, 1.54) is 13.0 Å². The fraction of sp³-hybridized carbons (Fsp3) is 0.389. The lowest BCUT2D eigenvalue weighted by molar-refractivity contribution is -0.120. The van der Waals surface area contributed by atoms with Crippen LogP contribution in [0.3, 0.4) is 0 Å². The molecule has 1 aromatic heterocycles. The quantitative estimate of drug-likeness (QED) is 0.228. The molecule has 0 radical (unpaired) electrons. The second-order valence-corrected chi connectivity index (χ2v) is 6.42. The van der Waals surface area contributed by atoms with Crippen molar-refractivity contribution in [3.05, 3.63) is 40.2 Å². The summed E-state index contributed by atoms with van der Waals surface area (Å²) in [6, 6.07) is 6.07. The standard InChI is InChI=1S/C18H23N3O4S/c1-11(22)15(21-26)4-2-3-7-20-17(23)8-12-9-18(24)25-16-10-13(19)5-6-14(12)16/h5-6,9-10,15,21,26H,2-4,7-8,19H2,1H3,(H,20,23). The number of thiol groups is 1. The number of unbranched alkanes of at least 4 members (excludes halogenated alkanes) is 1. The number of rotatable bonds is 9. The Balaban J connectivity index is 1.88. The summed E-state index contributed by atoms with van der Waals surface area (Å²) in [5.74, 6) is -0.136. The number of fused-ring (bicyclic) bond motifs is 1. The summed E-state index contributed by atoms with van der Waals surface area (Å²) in [5.41, 5.74) is 6.64. The molecule has 26 heavy (non-hydrogen) atoms. The van der Waals surface area contributed by atoms with Gasteiger partial charge >= 0.3 is 5.63 Å². The molecular weight excluding hydrogens is 354 g/mol. The van der Waals surface area contributed by atoms with Gasteiger partial charge < -0.3 is 15.5 Å². The first-order valence-corrected chi connectivity index (χ1v) is 8.84. The highest BCUT2D eigenvalue weighted by Crippen LogP contribution is 2.20. The average Bonchev–Trinajstić information content (AvgIpc) is 2.57. The molecule has 0 saturated carbocycles. The van der Waals surface area contributed by atoms with E-state index in [2.05, 4.69) is 22.9 Å². The molecule has 4 N–H and O–H groups in total. The second kappa shape index (κ2) is 9.40. The van der Waals surface area contributed by atoms with Gasteiger partial charge in [-0.05, 0) is 43.9 Å². The number of ketones is 1. The van der Waals surface area contributed by atoms with E-state index < -0.39 is 5.63 Å². The van der Waals surface area contributed by atoms with Crippen molar-refractivity contribution in [2.24, 2.45) is 0 Å². The third-order valence-corrected chi connectivity index (χ3v) is 4.41. The van der Waals surface area contributed by atoms with Gasteiger partial charge in [0.05, 0.1) is 12.5 Å². The van der Waals surface area contributed by atoms with Crippen LogP contribution in [0.25, 0.3) is 11.0 Å². The SMILES string of the molecule is CC(=O)C(CCCCNC(=O)Cc1cc(=O)oc2cc(N)ccc12)NS. The molecule has 1 atom stereocenters. The summed E-state index contributed by atoms with van der Waals surface area (Å²) in [7, 11) is 0. The number of Topliss-reactive ketones (excluding diaryl/α,β-unsaturated/α-hetero) is 1. The van der Waals surface area contributed by atoms with Crippen LogP contribution in [0.15, 0.2) is 33.5 Å². The minimum Gasteiger partial charge on any atom is -0.423 e. The van der Waals surface area contributed by atoms with Crippen LogP contribution in [0.2, 0.25) is 0 Å². The van der Waals surface area contributed by atoms with Crippen LogP contribution in [0.1, 0.15) is 31.7 Å². The van der Waals surface area contributed by atoms with Crippen molar-refractivity contribution >= 4 is 41.2 Å². The minimum absolute atomic E-state index is 0.0412. The lowest BCUT2D eigenvalue weighted by Gasteiger charge is -2.11. The fourth-order valence-corrected chi connectivity index (χ4v) is 3.00. The van der Waals surface area contributed by atoms with Crippen molar-refractivity contribution < 1.29 is 14.0 Å². The van der Waals surface area contributed by atoms with Crippen LogP contribution in [0.4, 0.5) is 5.69 Å². The van der Waals surface area contributed by atoms with Crippen molar-refractivity contribution in [2.75, 3.05) is 12.3 Å². The molecule has 2 aromatic rings. The molecule has 8 heteroatoms. The summed E-state index contributed by atoms with van der Waals surface area (Å²) < 4.78 is 7.79. The van der Waals surface area contributed by atoms with Gasteiger partial charge in [0, 0.05) is 29.8 Å². The normalized spacial score (nSPS) is 12.1. The van der Waals surface area contributed by atoms with E-state index in [1.807, 2.05) is 0 Å². The molecule has 1 aromatic carbocycles. The molecule has 0 fully saturated rings. The molecule has 140 valence electrons. The summed E-state index contributed by atoms with van der Waals surface area (Å²) in [5, 5.41) is 3.52. The van der Waals surface area contributed by atoms with Gasteiger partial charge in [-0.25, -0.2) is 4.79 Å². The number of nitrogens with one attached hydrogen (secondary N) is 2. The average molecular weight is 377 g/mol. The minimum atomic E-state index is -0.513. The molecule has 2 rings (SSSR count). The number of amides is 1. The van der Waals surface area contributed by atoms with E-state index in [9.17, 15) is 14.4 Å². The molecular formula is C18H23N3O4S. The summed E-state index contributed by atoms with van der Waals surface area (Å²) in [4.78, 5) is 35.1. The van der Waals surface area contributed by atoms with Gasteiger partial charge in [0.2, 0.25) is 5.91 Å². The maximum absolute atomic E-state index is 12.1. The number of nitrogen functional groups attached to an aromatic ring is 1. The smallest absolute Gasteiger partial charge is 0.336 e. The van der Waals surface area contributed by atoms with Gasteiger partial charge in [0.25, 0.3) is 0 Å². The summed E-state index contributed by atoms with van der Waals surface area (Å²) >= 11 is 3.93. The van der Waals surface area contributed by atoms with Crippen molar-refractivity contribution in [3.8, 4) is 0 Å². The van der Waals surface area contributed by atoms with Gasteiger partial charge in [-0.2, -0.15) is 0 Å². The van der Waals surface area contributed by atoms with Crippen LogP contribution in [-0.2, 0) is 16.0 Å². The third-order valence-electron chi connectivity index (χ3n) is 4.09. The highest BCUT2D eigenvalue weighted by atomic mass is 32.1. The molecule has 1 unspecified atom stereocenters. The Hall–Kier alpha value is -2.32. The summed E-state index contributed by atoms with van der Waals surface area (Å²) in [6.07, 6.45) is 2.29. The van der Waals surface area contributed by atoms with Gasteiger partial charge in [-0.3, -0.25) is 14.3 Å². The van der Waals surface area contributed by atoms with Crippen LogP contribution < -0.4 is 21.4 Å². The van der Waals surface area contributed by atoms with Crippen molar-refractivity contribution in [2.45, 2.75) is 38.6 Å². The van der Waals surface area contributed by atoms with Crippen molar-refractivity contribution in [3.63, 3.8) is 0 Å². The maximum atomic E-state index is 12.1. The highest BCUT2D eigenvalue weighted by molar-refractivity contribution is 7.78. The zero-order valence-electron chi connectivity index (χ0n) is 14.6. The Morgan fingerprint density at radius 3 is 2.73 bits per heavy atom. The molecule has 1 amide bonds. The van der Waals surface area contributed by atoms with Crippen LogP contribution in [0.5, 0.6) is 0 Å². The number of anilines is 1. The molecule has 0 aliphatic carbocycles. The van der Waals surface area contributed by atoms with Crippen molar-refractivity contribution in [1.82, 2.24) is 10.0 Å². The van der Waals surface area contributed by atoms with Crippen molar-refractivity contribution in [1.29, 1.82) is 0 Å². The number of benzene rings is 1. The number of carbonyl (C=O) groups excluding carboxylic acids is 2. The Kier molecular flexibility index (Phi) is 7.23. The second-order valence-electron chi connectivity index (χ2n) is 6.16. The maximum Gasteiger partial charge on any atom is 0.336 e. The zero-order valence-corrected chi connectivity index (χ0v) is 15.5. The van der Waals surface area contributed by atoms with E-state index in [0.717, 1.165) is 12.8 Å². The molecule has 0 saturated heterocycles. The Morgan fingerprint density at radius 1 is 1.27 bits per heavy atom. The first-order chi connectivity index (χ1) is 12.4. The van der Waals surface area contributed by atoms with Gasteiger partial charge in [0.1, 0.15) is 11.4 Å². The monoisotopic (exact) mass is 377 g/mol. The van der Waals surface area contributed by atoms with Crippen LogP contribution >= 0.6 is 12.8 Å². The number of carbonyl (C=O) groups is 2. The van der Waals surface area contributed by atoms with E-state index in [4.69, 9.17) is 10.2 Å². The van der Waals surface area contributed by atoms with E-state index >= 15 is 0 Å². The Morgan fingerprint density at radius 2 is 2.04 bits per heavy atom. The molecule has 0 spiro atoms. The Bertz CT molecular complexity index is 850. The third kappa shape index (κ3) is 5.60. The van der Waals surface area contributed by atoms with Gasteiger partial charge in [-0.15, -0.1) is 0 Å². The first-order valence-electron chi connectivity index (χ1n) is 8.39. The molecule has 0 bridgehead atoms.